The van der Waals surface area contributed by atoms with Crippen molar-refractivity contribution < 1.29 is 4.74 Å². The van der Waals surface area contributed by atoms with Gasteiger partial charge in [-0.15, -0.1) is 0 Å². The van der Waals surface area contributed by atoms with Gasteiger partial charge in [0, 0.05) is 24.0 Å². The Morgan fingerprint density at radius 3 is 2.95 bits per heavy atom. The molecule has 0 amide bonds. The molecule has 3 aromatic rings. The first-order chi connectivity index (χ1) is 10.7. The minimum Gasteiger partial charge on any atom is -0.381 e. The van der Waals surface area contributed by atoms with Gasteiger partial charge in [0.05, 0.1) is 12.1 Å². The second-order valence-electron chi connectivity index (χ2n) is 6.01. The lowest BCUT2D eigenvalue weighted by Crippen LogP contribution is -2.07. The molecule has 3 heterocycles. The zero-order chi connectivity index (χ0) is 15.1. The summed E-state index contributed by atoms with van der Waals surface area (Å²) >= 11 is 0. The fourth-order valence-corrected chi connectivity index (χ4v) is 2.91. The molecule has 114 valence electrons. The van der Waals surface area contributed by atoms with Crippen molar-refractivity contribution in [1.29, 1.82) is 0 Å². The van der Waals surface area contributed by atoms with E-state index in [2.05, 4.69) is 30.1 Å². The van der Waals surface area contributed by atoms with E-state index >= 15 is 0 Å². The summed E-state index contributed by atoms with van der Waals surface area (Å²) in [6.45, 7) is 5.73. The van der Waals surface area contributed by atoms with Crippen molar-refractivity contribution in [2.75, 3.05) is 13.2 Å². The fourth-order valence-electron chi connectivity index (χ4n) is 2.91. The first-order valence-corrected chi connectivity index (χ1v) is 7.71. The van der Waals surface area contributed by atoms with Crippen LogP contribution in [0.1, 0.15) is 38.1 Å². The molecular formula is C16H19N5O. The molecule has 0 radical (unpaired) electrons. The van der Waals surface area contributed by atoms with E-state index in [-0.39, 0.29) is 6.04 Å². The topological polar surface area (TPSA) is 68.6 Å². The number of ether oxygens (including phenoxy) is 1. The van der Waals surface area contributed by atoms with Crippen molar-refractivity contribution in [3.05, 3.63) is 30.1 Å². The molecule has 2 aromatic heterocycles. The van der Waals surface area contributed by atoms with Gasteiger partial charge in [-0.1, -0.05) is 18.2 Å². The predicted octanol–water partition coefficient (Wildman–Crippen LogP) is 2.91. The highest BCUT2D eigenvalue weighted by atomic mass is 16.5. The van der Waals surface area contributed by atoms with Crippen LogP contribution in [0, 0.1) is 0 Å². The summed E-state index contributed by atoms with van der Waals surface area (Å²) in [7, 11) is 0. The Hall–Kier alpha value is -2.21. The molecule has 0 saturated carbocycles. The van der Waals surface area contributed by atoms with Gasteiger partial charge in [0.2, 0.25) is 0 Å². The highest BCUT2D eigenvalue weighted by Gasteiger charge is 2.26. The summed E-state index contributed by atoms with van der Waals surface area (Å²) in [4.78, 5) is 4.80. The smallest absolute Gasteiger partial charge is 0.179 e. The van der Waals surface area contributed by atoms with Crippen LogP contribution in [-0.2, 0) is 4.74 Å². The van der Waals surface area contributed by atoms with Crippen LogP contribution < -0.4 is 0 Å². The highest BCUT2D eigenvalue weighted by Crippen LogP contribution is 2.30. The third-order valence-corrected chi connectivity index (χ3v) is 4.11. The average molecular weight is 297 g/mol. The lowest BCUT2D eigenvalue weighted by molar-refractivity contribution is 0.193. The monoisotopic (exact) mass is 297 g/mol. The third-order valence-electron chi connectivity index (χ3n) is 4.11. The number of para-hydroxylation sites is 1. The van der Waals surface area contributed by atoms with Crippen LogP contribution in [0.4, 0.5) is 0 Å². The summed E-state index contributed by atoms with van der Waals surface area (Å²) in [5.41, 5.74) is 1.88. The van der Waals surface area contributed by atoms with Crippen LogP contribution in [0.15, 0.2) is 24.3 Å². The van der Waals surface area contributed by atoms with E-state index in [1.807, 2.05) is 22.9 Å². The molecule has 1 N–H and O–H groups in total. The minimum atomic E-state index is 0.231. The molecule has 6 heteroatoms. The van der Waals surface area contributed by atoms with E-state index in [1.54, 1.807) is 0 Å². The maximum atomic E-state index is 5.47. The number of aromatic nitrogens is 5. The quantitative estimate of drug-likeness (QED) is 0.807. The van der Waals surface area contributed by atoms with Gasteiger partial charge in [-0.05, 0) is 26.3 Å². The van der Waals surface area contributed by atoms with Crippen LogP contribution in [0.25, 0.3) is 22.4 Å². The normalized spacial score (nSPS) is 18.6. The molecule has 0 unspecified atom stereocenters. The molecular weight excluding hydrogens is 278 g/mol. The highest BCUT2D eigenvalue weighted by molar-refractivity contribution is 5.91. The zero-order valence-electron chi connectivity index (χ0n) is 12.8. The summed E-state index contributed by atoms with van der Waals surface area (Å²) < 4.78 is 7.44. The molecule has 1 aliphatic rings. The van der Waals surface area contributed by atoms with E-state index in [0.29, 0.717) is 12.5 Å². The number of rotatable bonds is 3. The van der Waals surface area contributed by atoms with E-state index in [0.717, 1.165) is 41.3 Å². The van der Waals surface area contributed by atoms with Gasteiger partial charge >= 0.3 is 0 Å². The number of benzene rings is 1. The molecule has 0 spiro atoms. The van der Waals surface area contributed by atoms with E-state index in [4.69, 9.17) is 14.8 Å². The second-order valence-corrected chi connectivity index (χ2v) is 6.01. The van der Waals surface area contributed by atoms with Crippen molar-refractivity contribution in [3.8, 4) is 11.5 Å². The Balaban J connectivity index is 1.86. The Kier molecular flexibility index (Phi) is 3.18. The Morgan fingerprint density at radius 2 is 2.18 bits per heavy atom. The predicted molar refractivity (Wildman–Crippen MR) is 83.7 cm³/mol. The van der Waals surface area contributed by atoms with Gasteiger partial charge in [0.15, 0.2) is 11.6 Å². The van der Waals surface area contributed by atoms with Crippen LogP contribution in [0.3, 0.4) is 0 Å². The van der Waals surface area contributed by atoms with Gasteiger partial charge in [-0.25, -0.2) is 9.67 Å². The van der Waals surface area contributed by atoms with Gasteiger partial charge in [0.1, 0.15) is 5.69 Å². The van der Waals surface area contributed by atoms with E-state index < -0.39 is 0 Å². The Bertz CT molecular complexity index is 798. The van der Waals surface area contributed by atoms with Crippen molar-refractivity contribution in [2.24, 2.45) is 0 Å². The van der Waals surface area contributed by atoms with Crippen molar-refractivity contribution in [1.82, 2.24) is 25.0 Å². The molecule has 1 saturated heterocycles. The van der Waals surface area contributed by atoms with Crippen molar-refractivity contribution in [2.45, 2.75) is 32.2 Å². The molecule has 0 bridgehead atoms. The maximum Gasteiger partial charge on any atom is 0.179 e. The molecule has 22 heavy (non-hydrogen) atoms. The average Bonchev–Trinajstić information content (AvgIpc) is 3.25. The molecule has 0 aliphatic carbocycles. The van der Waals surface area contributed by atoms with Crippen LogP contribution in [0.2, 0.25) is 0 Å². The molecule has 1 atom stereocenters. The Labute approximate surface area is 128 Å². The fraction of sp³-hybridized carbons (Fsp3) is 0.438. The first kappa shape index (κ1) is 13.5. The molecule has 1 fully saturated rings. The third kappa shape index (κ3) is 2.11. The van der Waals surface area contributed by atoms with Crippen LogP contribution >= 0.6 is 0 Å². The number of hydrogen-bond acceptors (Lipinski definition) is 4. The standard InChI is InChI=1S/C16H19N5O/c1-10(2)21-16(17-15(20-21)11-7-8-22-9-11)14-12-5-3-4-6-13(12)18-19-14/h3-6,10-11H,7-9H2,1-2H3,(H,18,19)/t11-/m1/s1. The molecule has 6 nitrogen and oxygen atoms in total. The van der Waals surface area contributed by atoms with E-state index in [9.17, 15) is 0 Å². The van der Waals surface area contributed by atoms with Gasteiger partial charge in [-0.3, -0.25) is 5.10 Å². The lowest BCUT2D eigenvalue weighted by Gasteiger charge is -2.07. The SMILES string of the molecule is CC(C)n1nc([C@@H]2CCOC2)nc1-c1n[nH]c2ccccc12. The van der Waals surface area contributed by atoms with Crippen molar-refractivity contribution in [3.63, 3.8) is 0 Å². The molecule has 1 aliphatic heterocycles. The summed E-state index contributed by atoms with van der Waals surface area (Å²) in [6, 6.07) is 8.33. The number of nitrogens with zero attached hydrogens (tertiary/aromatic N) is 4. The van der Waals surface area contributed by atoms with Gasteiger partial charge < -0.3 is 4.74 Å². The molecule has 1 aromatic carbocycles. The number of aromatic amines is 1. The zero-order valence-corrected chi connectivity index (χ0v) is 12.8. The van der Waals surface area contributed by atoms with Gasteiger partial charge in [-0.2, -0.15) is 10.2 Å². The summed E-state index contributed by atoms with van der Waals surface area (Å²) in [6.07, 6.45) is 0.989. The summed E-state index contributed by atoms with van der Waals surface area (Å²) in [5.74, 6) is 1.99. The summed E-state index contributed by atoms with van der Waals surface area (Å²) in [5, 5.41) is 13.3. The van der Waals surface area contributed by atoms with Crippen molar-refractivity contribution >= 4 is 10.9 Å². The van der Waals surface area contributed by atoms with Crippen LogP contribution in [-0.4, -0.2) is 38.2 Å². The number of fused-ring (bicyclic) bond motifs is 1. The first-order valence-electron chi connectivity index (χ1n) is 7.71. The Morgan fingerprint density at radius 1 is 1.32 bits per heavy atom. The second kappa shape index (κ2) is 5.21. The largest absolute Gasteiger partial charge is 0.381 e. The number of H-pyrrole nitrogens is 1. The number of hydrogen-bond donors (Lipinski definition) is 1. The lowest BCUT2D eigenvalue weighted by atomic mass is 10.1. The maximum absolute atomic E-state index is 5.47. The minimum absolute atomic E-state index is 0.231. The van der Waals surface area contributed by atoms with E-state index in [1.165, 1.54) is 0 Å². The molecule has 4 rings (SSSR count). The van der Waals surface area contributed by atoms with Gasteiger partial charge in [0.25, 0.3) is 0 Å². The van der Waals surface area contributed by atoms with Crippen LogP contribution in [0.5, 0.6) is 0 Å². The number of nitrogens with one attached hydrogen (secondary N) is 1.